The normalized spacial score (nSPS) is 14.3. The van der Waals surface area contributed by atoms with Crippen molar-refractivity contribution in [3.63, 3.8) is 0 Å². The summed E-state index contributed by atoms with van der Waals surface area (Å²) in [5.41, 5.74) is 9.31. The zero-order valence-electron chi connectivity index (χ0n) is 13.9. The molecule has 0 saturated carbocycles. The van der Waals surface area contributed by atoms with Crippen molar-refractivity contribution in [2.45, 2.75) is 39.8 Å². The van der Waals surface area contributed by atoms with Crippen molar-refractivity contribution < 1.29 is 4.65 Å². The van der Waals surface area contributed by atoms with Crippen LogP contribution in [0.15, 0.2) is 24.5 Å². The minimum atomic E-state index is 0.308. The van der Waals surface area contributed by atoms with E-state index in [0.717, 1.165) is 38.0 Å². The Morgan fingerprint density at radius 2 is 2.18 bits per heavy atom. The third kappa shape index (κ3) is 3.75. The van der Waals surface area contributed by atoms with Crippen molar-refractivity contribution >= 4 is 6.92 Å². The number of nitrogens with zero attached hydrogens (tertiary/aromatic N) is 2. The Morgan fingerprint density at radius 3 is 2.86 bits per heavy atom. The second kappa shape index (κ2) is 7.56. The van der Waals surface area contributed by atoms with Crippen LogP contribution in [0.3, 0.4) is 0 Å². The highest BCUT2D eigenvalue weighted by Crippen LogP contribution is 2.32. The highest BCUT2D eigenvalue weighted by atomic mass is 16.4. The topological polar surface area (TPSA) is 67.8 Å². The molecule has 1 heterocycles. The second-order valence-electron chi connectivity index (χ2n) is 5.82. The van der Waals surface area contributed by atoms with Crippen molar-refractivity contribution in [3.8, 4) is 5.75 Å². The summed E-state index contributed by atoms with van der Waals surface area (Å²) in [5.74, 6) is 7.03. The number of benzene rings is 1. The molecule has 0 saturated heterocycles. The molecule has 0 aromatic heterocycles. The van der Waals surface area contributed by atoms with Crippen LogP contribution in [0.2, 0.25) is 13.1 Å². The van der Waals surface area contributed by atoms with Gasteiger partial charge < -0.3 is 10.4 Å². The first-order chi connectivity index (χ1) is 10.6. The van der Waals surface area contributed by atoms with Crippen molar-refractivity contribution in [2.24, 2.45) is 11.6 Å². The van der Waals surface area contributed by atoms with E-state index in [-0.39, 0.29) is 0 Å². The fourth-order valence-electron chi connectivity index (χ4n) is 2.91. The Labute approximate surface area is 133 Å². The number of hydrogen-bond acceptors (Lipinski definition) is 5. The van der Waals surface area contributed by atoms with Crippen molar-refractivity contribution in [1.29, 1.82) is 0 Å². The quantitative estimate of drug-likeness (QED) is 0.477. The number of aryl methyl sites for hydroxylation is 1. The predicted octanol–water partition coefficient (Wildman–Crippen LogP) is 1.94. The largest absolute Gasteiger partial charge is 0.561 e. The molecule has 22 heavy (non-hydrogen) atoms. The molecule has 0 spiro atoms. The van der Waals surface area contributed by atoms with E-state index >= 15 is 0 Å². The summed E-state index contributed by atoms with van der Waals surface area (Å²) in [5, 5.41) is 3.60. The van der Waals surface area contributed by atoms with E-state index in [0.29, 0.717) is 6.92 Å². The van der Waals surface area contributed by atoms with Gasteiger partial charge in [-0.15, -0.1) is 0 Å². The van der Waals surface area contributed by atoms with Gasteiger partial charge >= 0.3 is 6.92 Å². The Morgan fingerprint density at radius 1 is 1.41 bits per heavy atom. The molecule has 0 unspecified atom stereocenters. The molecule has 4 N–H and O–H groups in total. The summed E-state index contributed by atoms with van der Waals surface area (Å²) in [4.78, 5) is 0. The third-order valence-electron chi connectivity index (χ3n) is 4.31. The van der Waals surface area contributed by atoms with Crippen LogP contribution in [-0.2, 0) is 12.8 Å². The number of likely N-dealkylation sites (N-methyl/N-ethyl adjacent to an activating group) is 1. The highest BCUT2D eigenvalue weighted by Gasteiger charge is 2.22. The van der Waals surface area contributed by atoms with Gasteiger partial charge in [0, 0.05) is 25.5 Å². The van der Waals surface area contributed by atoms with E-state index in [1.54, 1.807) is 11.3 Å². The lowest BCUT2D eigenvalue weighted by molar-refractivity contribution is 0.0273. The zero-order chi connectivity index (χ0) is 16.1. The van der Waals surface area contributed by atoms with Gasteiger partial charge in [-0.1, -0.05) is 19.1 Å². The molecule has 0 fully saturated rings. The maximum atomic E-state index is 6.05. The summed E-state index contributed by atoms with van der Waals surface area (Å²) >= 11 is 0. The molecule has 0 bridgehead atoms. The van der Waals surface area contributed by atoms with Gasteiger partial charge in [0.15, 0.2) is 0 Å². The molecular formula is C16H27BN4O. The molecule has 1 aliphatic heterocycles. The highest BCUT2D eigenvalue weighted by molar-refractivity contribution is 6.51. The molecule has 1 aliphatic rings. The molecule has 0 aliphatic carbocycles. The Hall–Kier alpha value is -1.66. The molecule has 1 aromatic rings. The number of rotatable bonds is 6. The molecule has 1 aromatic carbocycles. The van der Waals surface area contributed by atoms with E-state index in [9.17, 15) is 0 Å². The van der Waals surface area contributed by atoms with Gasteiger partial charge in [0.1, 0.15) is 5.75 Å². The van der Waals surface area contributed by atoms with Crippen LogP contribution in [0.1, 0.15) is 23.6 Å². The van der Waals surface area contributed by atoms with Crippen LogP contribution in [0.4, 0.5) is 0 Å². The number of hydrogen-bond donors (Lipinski definition) is 2. The Kier molecular flexibility index (Phi) is 5.74. The lowest BCUT2D eigenvalue weighted by Gasteiger charge is -2.29. The molecule has 0 atom stereocenters. The SMILES string of the molecule is CCN(CCc1ccc2c(c1C)OB(C)CC2)N(N)/C=C\N. The van der Waals surface area contributed by atoms with Crippen molar-refractivity contribution in [2.75, 3.05) is 13.1 Å². The standard InChI is InChI=1S/C16H27BN4O/c1-4-20(21(19)12-10-18)11-8-14-5-6-15-7-9-17(3)22-16(15)13(14)2/h5-6,10,12H,4,7-9,11,18-19H2,1-3H3/b12-10-. The van der Waals surface area contributed by atoms with Crippen LogP contribution in [0, 0.1) is 6.92 Å². The van der Waals surface area contributed by atoms with Gasteiger partial charge in [-0.2, -0.15) is 0 Å². The van der Waals surface area contributed by atoms with Crippen LogP contribution in [0.25, 0.3) is 0 Å². The summed E-state index contributed by atoms with van der Waals surface area (Å²) in [6, 6.07) is 4.43. The number of fused-ring (bicyclic) bond motifs is 1. The average molecular weight is 302 g/mol. The van der Waals surface area contributed by atoms with Gasteiger partial charge in [0.2, 0.25) is 0 Å². The molecule has 120 valence electrons. The average Bonchev–Trinajstić information content (AvgIpc) is 2.50. The maximum Gasteiger partial charge on any atom is 0.354 e. The van der Waals surface area contributed by atoms with Crippen molar-refractivity contribution in [1.82, 2.24) is 10.1 Å². The molecule has 2 rings (SSSR count). The van der Waals surface area contributed by atoms with Crippen molar-refractivity contribution in [3.05, 3.63) is 41.2 Å². The first-order valence-corrected chi connectivity index (χ1v) is 8.02. The van der Waals surface area contributed by atoms with E-state index in [4.69, 9.17) is 16.2 Å². The smallest absolute Gasteiger partial charge is 0.354 e. The minimum absolute atomic E-state index is 0.308. The van der Waals surface area contributed by atoms with Crippen LogP contribution < -0.4 is 16.2 Å². The molecule has 0 radical (unpaired) electrons. The summed E-state index contributed by atoms with van der Waals surface area (Å²) in [6.45, 7) is 8.35. The molecular weight excluding hydrogens is 275 g/mol. The van der Waals surface area contributed by atoms with Gasteiger partial charge in [-0.05, 0) is 49.6 Å². The summed E-state index contributed by atoms with van der Waals surface area (Å²) in [7, 11) is 0. The predicted molar refractivity (Wildman–Crippen MR) is 92.2 cm³/mol. The molecule has 5 nitrogen and oxygen atoms in total. The maximum absolute atomic E-state index is 6.05. The van der Waals surface area contributed by atoms with E-state index in [1.165, 1.54) is 22.9 Å². The molecule has 6 heteroatoms. The van der Waals surface area contributed by atoms with Crippen LogP contribution in [0.5, 0.6) is 5.75 Å². The van der Waals surface area contributed by atoms with E-state index < -0.39 is 0 Å². The summed E-state index contributed by atoms with van der Waals surface area (Å²) < 4.78 is 6.05. The zero-order valence-corrected chi connectivity index (χ0v) is 13.9. The first kappa shape index (κ1) is 16.7. The molecule has 0 amide bonds. The van der Waals surface area contributed by atoms with Crippen LogP contribution in [-0.4, -0.2) is 30.1 Å². The van der Waals surface area contributed by atoms with Gasteiger partial charge in [-0.25, -0.2) is 16.0 Å². The Bertz CT molecular complexity index is 535. The van der Waals surface area contributed by atoms with E-state index in [2.05, 4.69) is 32.8 Å². The fourth-order valence-corrected chi connectivity index (χ4v) is 2.91. The fraction of sp³-hybridized carbons (Fsp3) is 0.500. The third-order valence-corrected chi connectivity index (χ3v) is 4.31. The number of nitrogens with two attached hydrogens (primary N) is 2. The Balaban J connectivity index is 2.08. The summed E-state index contributed by atoms with van der Waals surface area (Å²) in [6.07, 6.45) is 6.24. The second-order valence-corrected chi connectivity index (χ2v) is 5.82. The van der Waals surface area contributed by atoms with Gasteiger partial charge in [-0.3, -0.25) is 0 Å². The minimum Gasteiger partial charge on any atom is -0.561 e. The first-order valence-electron chi connectivity index (χ1n) is 8.02. The number of hydrazine groups is 2. The lowest BCUT2D eigenvalue weighted by atomic mass is 9.64. The monoisotopic (exact) mass is 302 g/mol. The van der Waals surface area contributed by atoms with Gasteiger partial charge in [0.05, 0.1) is 0 Å². The van der Waals surface area contributed by atoms with Crippen LogP contribution >= 0.6 is 0 Å². The lowest BCUT2D eigenvalue weighted by Crippen LogP contribution is -2.44. The van der Waals surface area contributed by atoms with E-state index in [1.807, 2.05) is 5.01 Å². The van der Waals surface area contributed by atoms with Gasteiger partial charge in [0.25, 0.3) is 0 Å².